The van der Waals surface area contributed by atoms with E-state index >= 15 is 0 Å². The summed E-state index contributed by atoms with van der Waals surface area (Å²) in [7, 11) is -1.86. The van der Waals surface area contributed by atoms with Crippen LogP contribution in [0.4, 0.5) is 0 Å². The van der Waals surface area contributed by atoms with Gasteiger partial charge in [-0.15, -0.1) is 0 Å². The lowest BCUT2D eigenvalue weighted by atomic mass is 9.91. The van der Waals surface area contributed by atoms with Crippen molar-refractivity contribution in [2.45, 2.75) is 43.0 Å². The Balaban J connectivity index is 1.38. The Hall–Kier alpha value is -2.46. The number of aryl methyl sites for hydroxylation is 1. The fourth-order valence-corrected chi connectivity index (χ4v) is 5.99. The van der Waals surface area contributed by atoms with Crippen LogP contribution in [-0.4, -0.2) is 57.3 Å². The molecular formula is C18H22N6O3S. The predicted octanol–water partition coefficient (Wildman–Crippen LogP) is 1.45. The molecule has 3 aromatic rings. The summed E-state index contributed by atoms with van der Waals surface area (Å²) in [5.74, 6) is 0.990. The molecule has 0 aliphatic carbocycles. The van der Waals surface area contributed by atoms with Crippen LogP contribution in [0.3, 0.4) is 0 Å². The first-order valence-electron chi connectivity index (χ1n) is 9.50. The number of piperidine rings is 1. The summed E-state index contributed by atoms with van der Waals surface area (Å²) in [4.78, 5) is 4.57. The van der Waals surface area contributed by atoms with E-state index in [1.807, 2.05) is 16.9 Å². The van der Waals surface area contributed by atoms with Gasteiger partial charge in [-0.2, -0.15) is 14.5 Å². The molecule has 10 heteroatoms. The van der Waals surface area contributed by atoms with Gasteiger partial charge in [0.25, 0.3) is 0 Å². The molecule has 0 amide bonds. The van der Waals surface area contributed by atoms with Crippen molar-refractivity contribution in [1.29, 1.82) is 0 Å². The van der Waals surface area contributed by atoms with Crippen molar-refractivity contribution in [2.75, 3.05) is 20.2 Å². The molecule has 3 aromatic heterocycles. The largest absolute Gasteiger partial charge is 0.496 e. The van der Waals surface area contributed by atoms with Crippen molar-refractivity contribution in [3.05, 3.63) is 36.0 Å². The second-order valence-electron chi connectivity index (χ2n) is 7.32. The fraction of sp³-hybridized carbons (Fsp3) is 0.500. The van der Waals surface area contributed by atoms with Crippen LogP contribution in [0.2, 0.25) is 0 Å². The van der Waals surface area contributed by atoms with E-state index in [-0.39, 0.29) is 5.92 Å². The van der Waals surface area contributed by atoms with Crippen LogP contribution < -0.4 is 4.74 Å². The third-order valence-corrected chi connectivity index (χ3v) is 7.77. The molecule has 5 heterocycles. The molecule has 28 heavy (non-hydrogen) atoms. The van der Waals surface area contributed by atoms with Gasteiger partial charge in [0.1, 0.15) is 17.0 Å². The van der Waals surface area contributed by atoms with Crippen LogP contribution in [0.1, 0.15) is 36.4 Å². The zero-order valence-corrected chi connectivity index (χ0v) is 16.5. The number of fused-ring (bicyclic) bond motifs is 2. The standard InChI is InChI=1S/C18H22N6O3S/c1-27-16-9-18-19-12-21-24(18)11-14(16)13-4-7-22(8-5-13)28(25,26)17-10-20-23-6-2-3-15(17)23/h9-13H,2-8H2,1H3. The van der Waals surface area contributed by atoms with Gasteiger partial charge in [0.2, 0.25) is 10.0 Å². The molecule has 9 nitrogen and oxygen atoms in total. The monoisotopic (exact) mass is 402 g/mol. The lowest BCUT2D eigenvalue weighted by Crippen LogP contribution is -2.38. The van der Waals surface area contributed by atoms with Crippen LogP contribution in [0.5, 0.6) is 5.75 Å². The molecule has 0 saturated carbocycles. The number of aromatic nitrogens is 5. The molecule has 0 spiro atoms. The summed E-state index contributed by atoms with van der Waals surface area (Å²) in [6, 6.07) is 1.88. The molecule has 0 unspecified atom stereocenters. The highest BCUT2D eigenvalue weighted by Gasteiger charge is 2.34. The number of hydrogen-bond acceptors (Lipinski definition) is 6. The molecule has 2 aliphatic rings. The normalized spacial score (nSPS) is 18.6. The van der Waals surface area contributed by atoms with E-state index in [2.05, 4.69) is 15.2 Å². The van der Waals surface area contributed by atoms with Crippen LogP contribution >= 0.6 is 0 Å². The van der Waals surface area contributed by atoms with Gasteiger partial charge in [-0.3, -0.25) is 4.68 Å². The van der Waals surface area contributed by atoms with Gasteiger partial charge in [-0.05, 0) is 31.6 Å². The molecule has 2 aliphatic heterocycles. The van der Waals surface area contributed by atoms with Crippen molar-refractivity contribution in [3.63, 3.8) is 0 Å². The zero-order valence-electron chi connectivity index (χ0n) is 15.7. The van der Waals surface area contributed by atoms with Gasteiger partial charge in [-0.25, -0.2) is 17.9 Å². The minimum absolute atomic E-state index is 0.216. The number of pyridine rings is 1. The molecule has 0 radical (unpaired) electrons. The van der Waals surface area contributed by atoms with Gasteiger partial charge >= 0.3 is 0 Å². The maximum Gasteiger partial charge on any atom is 0.246 e. The van der Waals surface area contributed by atoms with E-state index < -0.39 is 10.0 Å². The van der Waals surface area contributed by atoms with Crippen molar-refractivity contribution >= 4 is 15.7 Å². The third kappa shape index (κ3) is 2.70. The first kappa shape index (κ1) is 17.6. The van der Waals surface area contributed by atoms with Crippen LogP contribution in [0.25, 0.3) is 5.65 Å². The zero-order chi connectivity index (χ0) is 19.3. The van der Waals surface area contributed by atoms with E-state index in [0.29, 0.717) is 18.0 Å². The van der Waals surface area contributed by atoms with E-state index in [9.17, 15) is 8.42 Å². The third-order valence-electron chi connectivity index (χ3n) is 5.83. The first-order valence-corrected chi connectivity index (χ1v) is 10.9. The summed E-state index contributed by atoms with van der Waals surface area (Å²) in [6.45, 7) is 1.77. The van der Waals surface area contributed by atoms with E-state index in [1.165, 1.54) is 12.5 Å². The van der Waals surface area contributed by atoms with Crippen molar-refractivity contribution in [2.24, 2.45) is 0 Å². The smallest absolute Gasteiger partial charge is 0.246 e. The maximum absolute atomic E-state index is 13.1. The lowest BCUT2D eigenvalue weighted by molar-refractivity contribution is 0.312. The van der Waals surface area contributed by atoms with Gasteiger partial charge in [0.05, 0.1) is 19.0 Å². The Morgan fingerprint density at radius 2 is 2.00 bits per heavy atom. The Morgan fingerprint density at radius 3 is 2.79 bits per heavy atom. The Bertz CT molecular complexity index is 1130. The summed E-state index contributed by atoms with van der Waals surface area (Å²) < 4.78 is 37.0. The van der Waals surface area contributed by atoms with Crippen molar-refractivity contribution in [1.82, 2.24) is 28.7 Å². The molecular weight excluding hydrogens is 380 g/mol. The summed E-state index contributed by atoms with van der Waals surface area (Å²) >= 11 is 0. The molecule has 148 valence electrons. The van der Waals surface area contributed by atoms with Gasteiger partial charge in [0.15, 0.2) is 5.65 Å². The van der Waals surface area contributed by atoms with Gasteiger partial charge in [0, 0.05) is 37.5 Å². The Labute approximate surface area is 163 Å². The van der Waals surface area contributed by atoms with Crippen LogP contribution in [-0.2, 0) is 23.0 Å². The summed E-state index contributed by atoms with van der Waals surface area (Å²) in [5.41, 5.74) is 2.63. The molecule has 5 rings (SSSR count). The maximum atomic E-state index is 13.1. The second-order valence-corrected chi connectivity index (χ2v) is 9.23. The number of nitrogens with zero attached hydrogens (tertiary/aromatic N) is 6. The lowest BCUT2D eigenvalue weighted by Gasteiger charge is -2.31. The molecule has 0 atom stereocenters. The van der Waals surface area contributed by atoms with Crippen molar-refractivity contribution < 1.29 is 13.2 Å². The molecule has 1 fully saturated rings. The highest BCUT2D eigenvalue weighted by Crippen LogP contribution is 2.36. The van der Waals surface area contributed by atoms with E-state index in [0.717, 1.165) is 54.9 Å². The highest BCUT2D eigenvalue weighted by molar-refractivity contribution is 7.89. The average molecular weight is 402 g/mol. The predicted molar refractivity (Wildman–Crippen MR) is 101 cm³/mol. The number of methoxy groups -OCH3 is 1. The number of sulfonamides is 1. The quantitative estimate of drug-likeness (QED) is 0.656. The van der Waals surface area contributed by atoms with E-state index in [4.69, 9.17) is 4.74 Å². The minimum Gasteiger partial charge on any atom is -0.496 e. The minimum atomic E-state index is -3.50. The molecule has 0 N–H and O–H groups in total. The Kier molecular flexibility index (Phi) is 4.13. The van der Waals surface area contributed by atoms with Gasteiger partial charge < -0.3 is 4.74 Å². The Morgan fingerprint density at radius 1 is 1.18 bits per heavy atom. The highest BCUT2D eigenvalue weighted by atomic mass is 32.2. The number of rotatable bonds is 4. The first-order chi connectivity index (χ1) is 13.6. The second kappa shape index (κ2) is 6.56. The number of hydrogen-bond donors (Lipinski definition) is 0. The fourth-order valence-electron chi connectivity index (χ4n) is 4.34. The topological polar surface area (TPSA) is 94.6 Å². The molecule has 1 saturated heterocycles. The van der Waals surface area contributed by atoms with Gasteiger partial charge in [-0.1, -0.05) is 0 Å². The van der Waals surface area contributed by atoms with Crippen LogP contribution in [0, 0.1) is 0 Å². The number of ether oxygens (including phenoxy) is 1. The van der Waals surface area contributed by atoms with E-state index in [1.54, 1.807) is 15.9 Å². The average Bonchev–Trinajstić information content (AvgIpc) is 3.43. The van der Waals surface area contributed by atoms with Crippen LogP contribution in [0.15, 0.2) is 29.7 Å². The van der Waals surface area contributed by atoms with Crippen molar-refractivity contribution in [3.8, 4) is 5.75 Å². The molecule has 0 aromatic carbocycles. The summed E-state index contributed by atoms with van der Waals surface area (Å²) in [6.07, 6.45) is 8.17. The summed E-state index contributed by atoms with van der Waals surface area (Å²) in [5, 5.41) is 8.45. The SMILES string of the molecule is COc1cc2ncnn2cc1C1CCN(S(=O)(=O)c2cnn3c2CCC3)CC1. The molecule has 0 bridgehead atoms.